The first-order valence-corrected chi connectivity index (χ1v) is 10.9. The lowest BCUT2D eigenvalue weighted by atomic mass is 10.2. The Kier molecular flexibility index (Phi) is 8.43. The van der Waals surface area contributed by atoms with Gasteiger partial charge >= 0.3 is 6.18 Å². The van der Waals surface area contributed by atoms with E-state index in [1.165, 1.54) is 11.1 Å². The lowest BCUT2D eigenvalue weighted by molar-refractivity contribution is -0.144. The number of halogens is 4. The van der Waals surface area contributed by atoms with Gasteiger partial charge < -0.3 is 24.4 Å². The summed E-state index contributed by atoms with van der Waals surface area (Å²) in [7, 11) is 0. The lowest BCUT2D eigenvalue weighted by Gasteiger charge is -2.35. The van der Waals surface area contributed by atoms with E-state index >= 15 is 0 Å². The van der Waals surface area contributed by atoms with Crippen LogP contribution in [-0.2, 0) is 15.7 Å². The number of nitrogens with one attached hydrogen (secondary N) is 1. The Morgan fingerprint density at radius 3 is 2.47 bits per heavy atom. The predicted molar refractivity (Wildman–Crippen MR) is 115 cm³/mol. The zero-order chi connectivity index (χ0) is 24.9. The number of aromatic nitrogens is 4. The van der Waals surface area contributed by atoms with E-state index in [4.69, 9.17) is 9.47 Å². The molecule has 0 bridgehead atoms. The molecule has 1 fully saturated rings. The molecule has 2 aromatic rings. The molecule has 0 saturated carbocycles. The van der Waals surface area contributed by atoms with Crippen LogP contribution >= 0.6 is 15.9 Å². The Morgan fingerprint density at radius 1 is 1.21 bits per heavy atom. The van der Waals surface area contributed by atoms with Crippen LogP contribution in [0.2, 0.25) is 0 Å². The van der Waals surface area contributed by atoms with Gasteiger partial charge in [-0.05, 0) is 22.9 Å². The molecule has 15 heteroatoms. The fraction of sp³-hybridized carbons (Fsp3) is 0.526. The summed E-state index contributed by atoms with van der Waals surface area (Å²) >= 11 is 3.10. The topological polar surface area (TPSA) is 134 Å². The van der Waals surface area contributed by atoms with E-state index in [2.05, 4.69) is 36.1 Å². The molecular formula is C19H22BrF3N6O5. The SMILES string of the molecule is CC(COCC(O)C(=O)N1CCN(c2ncc(C(F)(F)F)cn2)CC1)Oc1cn[nH]c(=O)c1Br. The molecule has 1 aliphatic rings. The molecule has 0 aliphatic carbocycles. The quantitative estimate of drug-likeness (QED) is 0.490. The van der Waals surface area contributed by atoms with Crippen LogP contribution < -0.4 is 15.2 Å². The average molecular weight is 551 g/mol. The first kappa shape index (κ1) is 25.8. The number of nitrogens with zero attached hydrogens (tertiary/aromatic N) is 5. The molecule has 2 unspecified atom stereocenters. The number of aliphatic hydroxyl groups excluding tert-OH is 1. The number of ether oxygens (including phenoxy) is 2. The number of anilines is 1. The maximum Gasteiger partial charge on any atom is 0.419 e. The average Bonchev–Trinajstić information content (AvgIpc) is 2.81. The van der Waals surface area contributed by atoms with Crippen molar-refractivity contribution in [2.75, 3.05) is 44.3 Å². The number of piperazine rings is 1. The van der Waals surface area contributed by atoms with Crippen molar-refractivity contribution in [1.82, 2.24) is 25.1 Å². The fourth-order valence-electron chi connectivity index (χ4n) is 3.09. The second-order valence-corrected chi connectivity index (χ2v) is 8.23. The number of alkyl halides is 3. The smallest absolute Gasteiger partial charge is 0.419 e. The summed E-state index contributed by atoms with van der Waals surface area (Å²) < 4.78 is 49.0. The highest BCUT2D eigenvalue weighted by Gasteiger charge is 2.32. The molecule has 1 aliphatic heterocycles. The molecule has 34 heavy (non-hydrogen) atoms. The second kappa shape index (κ2) is 11.1. The summed E-state index contributed by atoms with van der Waals surface area (Å²) in [5, 5.41) is 16.1. The number of carbonyl (C=O) groups is 1. The number of hydrogen-bond acceptors (Lipinski definition) is 9. The maximum atomic E-state index is 12.6. The molecule has 186 valence electrons. The van der Waals surface area contributed by atoms with Crippen molar-refractivity contribution < 1.29 is 32.5 Å². The summed E-state index contributed by atoms with van der Waals surface area (Å²) in [5.41, 5.74) is -1.38. The zero-order valence-corrected chi connectivity index (χ0v) is 19.5. The maximum absolute atomic E-state index is 12.6. The van der Waals surface area contributed by atoms with E-state index in [9.17, 15) is 27.9 Å². The van der Waals surface area contributed by atoms with E-state index in [-0.39, 0.29) is 42.5 Å². The zero-order valence-electron chi connectivity index (χ0n) is 18.0. The highest BCUT2D eigenvalue weighted by Crippen LogP contribution is 2.28. The van der Waals surface area contributed by atoms with Crippen LogP contribution in [0.1, 0.15) is 12.5 Å². The van der Waals surface area contributed by atoms with Gasteiger partial charge in [-0.3, -0.25) is 9.59 Å². The first-order chi connectivity index (χ1) is 16.1. The van der Waals surface area contributed by atoms with Gasteiger partial charge in [0.2, 0.25) is 5.95 Å². The standard InChI is InChI=1S/C19H22BrF3N6O5/c1-11(34-14-8-26-27-16(31)15(14)20)9-33-10-13(30)17(32)28-2-4-29(5-3-28)18-24-6-12(7-25-18)19(21,22)23/h6-8,11,13,30H,2-5,9-10H2,1H3,(H,27,31). The molecule has 3 rings (SSSR count). The molecule has 1 saturated heterocycles. The largest absolute Gasteiger partial charge is 0.485 e. The molecular weight excluding hydrogens is 529 g/mol. The van der Waals surface area contributed by atoms with E-state index in [1.54, 1.807) is 11.8 Å². The number of rotatable bonds is 8. The van der Waals surface area contributed by atoms with Crippen LogP contribution in [0.4, 0.5) is 19.1 Å². The van der Waals surface area contributed by atoms with Gasteiger partial charge in [0.05, 0.1) is 25.0 Å². The van der Waals surface area contributed by atoms with Gasteiger partial charge in [0, 0.05) is 38.6 Å². The summed E-state index contributed by atoms with van der Waals surface area (Å²) in [4.78, 5) is 34.6. The Labute approximate surface area is 200 Å². The minimum absolute atomic E-state index is 0.0443. The number of hydrogen-bond donors (Lipinski definition) is 2. The Bertz CT molecular complexity index is 1030. The summed E-state index contributed by atoms with van der Waals surface area (Å²) in [6, 6.07) is 0. The van der Waals surface area contributed by atoms with Crippen LogP contribution in [0.25, 0.3) is 0 Å². The van der Waals surface area contributed by atoms with Crippen molar-refractivity contribution in [1.29, 1.82) is 0 Å². The van der Waals surface area contributed by atoms with Crippen LogP contribution in [0, 0.1) is 0 Å². The summed E-state index contributed by atoms with van der Waals surface area (Å²) in [6.45, 7) is 2.55. The predicted octanol–water partition coefficient (Wildman–Crippen LogP) is 0.835. The van der Waals surface area contributed by atoms with Gasteiger partial charge in [0.15, 0.2) is 11.9 Å². The van der Waals surface area contributed by atoms with E-state index in [0.29, 0.717) is 13.1 Å². The van der Waals surface area contributed by atoms with Crippen molar-refractivity contribution in [3.8, 4) is 5.75 Å². The van der Waals surface area contributed by atoms with Gasteiger partial charge in [-0.15, -0.1) is 0 Å². The monoisotopic (exact) mass is 550 g/mol. The van der Waals surface area contributed by atoms with Crippen molar-refractivity contribution in [2.45, 2.75) is 25.3 Å². The third kappa shape index (κ3) is 6.64. The van der Waals surface area contributed by atoms with Crippen molar-refractivity contribution >= 4 is 27.8 Å². The lowest BCUT2D eigenvalue weighted by Crippen LogP contribution is -2.52. The molecule has 1 amide bonds. The fourth-order valence-corrected chi connectivity index (χ4v) is 3.37. The van der Waals surface area contributed by atoms with E-state index in [0.717, 1.165) is 12.4 Å². The van der Waals surface area contributed by atoms with Crippen molar-refractivity contribution in [3.63, 3.8) is 0 Å². The van der Waals surface area contributed by atoms with Crippen molar-refractivity contribution in [3.05, 3.63) is 39.0 Å². The van der Waals surface area contributed by atoms with E-state index < -0.39 is 35.4 Å². The third-order valence-electron chi connectivity index (χ3n) is 4.84. The summed E-state index contributed by atoms with van der Waals surface area (Å²) in [6.07, 6.45) is -3.63. The first-order valence-electron chi connectivity index (χ1n) is 10.1. The highest BCUT2D eigenvalue weighted by molar-refractivity contribution is 9.10. The molecule has 11 nitrogen and oxygen atoms in total. The van der Waals surface area contributed by atoms with Crippen LogP contribution in [0.15, 0.2) is 27.9 Å². The minimum atomic E-state index is -4.51. The van der Waals surface area contributed by atoms with Gasteiger partial charge in [0.25, 0.3) is 11.5 Å². The molecule has 0 aromatic carbocycles. The molecule has 0 spiro atoms. The summed E-state index contributed by atoms with van der Waals surface area (Å²) in [5.74, 6) is -0.158. The molecule has 2 aromatic heterocycles. The van der Waals surface area contributed by atoms with E-state index in [1.807, 2.05) is 0 Å². The molecule has 2 atom stereocenters. The second-order valence-electron chi connectivity index (χ2n) is 7.44. The molecule has 2 N–H and O–H groups in total. The number of H-pyrrole nitrogens is 1. The number of amides is 1. The molecule has 0 radical (unpaired) electrons. The third-order valence-corrected chi connectivity index (χ3v) is 5.60. The van der Waals surface area contributed by atoms with Gasteiger partial charge in [-0.25, -0.2) is 15.1 Å². The number of carbonyl (C=O) groups excluding carboxylic acids is 1. The van der Waals surface area contributed by atoms with Gasteiger partial charge in [0.1, 0.15) is 10.6 Å². The highest BCUT2D eigenvalue weighted by atomic mass is 79.9. The number of aromatic amines is 1. The molecule has 3 heterocycles. The van der Waals surface area contributed by atoms with Crippen LogP contribution in [-0.4, -0.2) is 87.7 Å². The van der Waals surface area contributed by atoms with Gasteiger partial charge in [-0.1, -0.05) is 0 Å². The van der Waals surface area contributed by atoms with Gasteiger partial charge in [-0.2, -0.15) is 18.3 Å². The number of aliphatic hydroxyl groups is 1. The Hall–Kier alpha value is -2.78. The van der Waals surface area contributed by atoms with Crippen molar-refractivity contribution in [2.24, 2.45) is 0 Å². The Balaban J connectivity index is 1.41. The van der Waals surface area contributed by atoms with Crippen LogP contribution in [0.5, 0.6) is 5.75 Å². The minimum Gasteiger partial charge on any atom is -0.485 e. The Morgan fingerprint density at radius 2 is 1.85 bits per heavy atom. The normalized spacial score (nSPS) is 16.3. The van der Waals surface area contributed by atoms with Crippen LogP contribution in [0.3, 0.4) is 0 Å².